The monoisotopic (exact) mass is 210 g/mol. The summed E-state index contributed by atoms with van der Waals surface area (Å²) in [6.45, 7) is 7.99. The van der Waals surface area contributed by atoms with E-state index in [4.69, 9.17) is 0 Å². The van der Waals surface area contributed by atoms with Gasteiger partial charge in [-0.3, -0.25) is 0 Å². The Morgan fingerprint density at radius 1 is 0.667 bits per heavy atom. The van der Waals surface area contributed by atoms with Crippen LogP contribution in [0.15, 0.2) is 0 Å². The fraction of sp³-hybridized carbons (Fsp3) is 1.00. The van der Waals surface area contributed by atoms with Gasteiger partial charge in [-0.1, -0.05) is 0 Å². The molecule has 2 aliphatic rings. The van der Waals surface area contributed by atoms with Crippen LogP contribution in [0.3, 0.4) is 0 Å². The van der Waals surface area contributed by atoms with Crippen LogP contribution in [0.5, 0.6) is 0 Å². The molecule has 88 valence electrons. The molecule has 2 saturated heterocycles. The third-order valence-corrected chi connectivity index (χ3v) is 5.15. The molecule has 0 amide bonds. The van der Waals surface area contributed by atoms with Gasteiger partial charge in [0.05, 0.1) is 25.2 Å². The predicted octanol–water partition coefficient (Wildman–Crippen LogP) is 3.73. The molecule has 2 atom stereocenters. The summed E-state index contributed by atoms with van der Waals surface area (Å²) in [5.74, 6) is 0. The molecule has 0 saturated carbocycles. The van der Waals surface area contributed by atoms with Crippen LogP contribution < -0.4 is 0 Å². The largest absolute Gasteiger partial charge is 0.319 e. The first-order chi connectivity index (χ1) is 7.26. The van der Waals surface area contributed by atoms with Gasteiger partial charge in [-0.15, -0.1) is 0 Å². The van der Waals surface area contributed by atoms with Crippen molar-refractivity contribution in [2.75, 3.05) is 13.1 Å². The Morgan fingerprint density at radius 2 is 1.13 bits per heavy atom. The van der Waals surface area contributed by atoms with Gasteiger partial charge in [-0.05, 0) is 65.2 Å². The van der Waals surface area contributed by atoms with Gasteiger partial charge in [0.1, 0.15) is 0 Å². The molecular formula is C14H28N+. The van der Waals surface area contributed by atoms with Crippen LogP contribution in [0.4, 0.5) is 0 Å². The summed E-state index contributed by atoms with van der Waals surface area (Å²) in [6, 6.07) is 1.86. The molecule has 1 spiro atoms. The highest BCUT2D eigenvalue weighted by Gasteiger charge is 2.40. The number of nitrogens with zero attached hydrogens (tertiary/aromatic N) is 1. The normalized spacial score (nSPS) is 37.2. The van der Waals surface area contributed by atoms with E-state index in [2.05, 4.69) is 13.8 Å². The van der Waals surface area contributed by atoms with E-state index in [1.54, 1.807) is 0 Å². The summed E-state index contributed by atoms with van der Waals surface area (Å²) in [5.41, 5.74) is 0. The third kappa shape index (κ3) is 2.22. The molecule has 2 unspecified atom stereocenters. The molecule has 0 aromatic heterocycles. The molecule has 2 fully saturated rings. The molecule has 0 radical (unpaired) electrons. The number of quaternary nitrogens is 1. The average molecular weight is 210 g/mol. The quantitative estimate of drug-likeness (QED) is 0.534. The highest BCUT2D eigenvalue weighted by atomic mass is 15.4. The molecule has 1 heteroatoms. The predicted molar refractivity (Wildman–Crippen MR) is 65.9 cm³/mol. The summed E-state index contributed by atoms with van der Waals surface area (Å²) < 4.78 is 1.47. The van der Waals surface area contributed by atoms with E-state index >= 15 is 0 Å². The molecule has 0 bridgehead atoms. The second-order valence-corrected chi connectivity index (χ2v) is 5.95. The van der Waals surface area contributed by atoms with Crippen molar-refractivity contribution in [2.24, 2.45) is 0 Å². The average Bonchev–Trinajstić information content (AvgIpc) is 2.55. The van der Waals surface area contributed by atoms with Crippen LogP contribution in [-0.4, -0.2) is 29.7 Å². The van der Waals surface area contributed by atoms with Crippen molar-refractivity contribution in [1.82, 2.24) is 0 Å². The Balaban J connectivity index is 2.17. The van der Waals surface area contributed by atoms with Gasteiger partial charge < -0.3 is 4.48 Å². The Hall–Kier alpha value is -0.0400. The first kappa shape index (κ1) is 11.4. The summed E-state index contributed by atoms with van der Waals surface area (Å²) >= 11 is 0. The van der Waals surface area contributed by atoms with Crippen LogP contribution in [0.2, 0.25) is 0 Å². The van der Waals surface area contributed by atoms with Crippen molar-refractivity contribution in [3.63, 3.8) is 0 Å². The van der Waals surface area contributed by atoms with Crippen molar-refractivity contribution in [3.05, 3.63) is 0 Å². The maximum atomic E-state index is 2.52. The molecule has 1 nitrogen and oxygen atoms in total. The van der Waals surface area contributed by atoms with E-state index in [0.717, 1.165) is 12.1 Å². The van der Waals surface area contributed by atoms with E-state index in [9.17, 15) is 0 Å². The van der Waals surface area contributed by atoms with Gasteiger partial charge in [-0.2, -0.15) is 0 Å². The summed E-state index contributed by atoms with van der Waals surface area (Å²) in [7, 11) is 0. The molecule has 2 aliphatic heterocycles. The van der Waals surface area contributed by atoms with Crippen molar-refractivity contribution >= 4 is 0 Å². The van der Waals surface area contributed by atoms with E-state index in [0.29, 0.717) is 0 Å². The zero-order valence-corrected chi connectivity index (χ0v) is 10.7. The summed E-state index contributed by atoms with van der Waals surface area (Å²) in [6.07, 6.45) is 11.8. The fourth-order valence-corrected chi connectivity index (χ4v) is 3.99. The van der Waals surface area contributed by atoms with E-state index < -0.39 is 0 Å². The Morgan fingerprint density at radius 3 is 1.60 bits per heavy atom. The van der Waals surface area contributed by atoms with Crippen LogP contribution in [-0.2, 0) is 0 Å². The zero-order chi connectivity index (χ0) is 10.7. The molecule has 2 heterocycles. The molecular weight excluding hydrogens is 182 g/mol. The second-order valence-electron chi connectivity index (χ2n) is 5.95. The highest BCUT2D eigenvalue weighted by molar-refractivity contribution is 4.69. The Labute approximate surface area is 95.4 Å². The minimum atomic E-state index is 0.931. The van der Waals surface area contributed by atoms with E-state index in [1.165, 1.54) is 68.9 Å². The van der Waals surface area contributed by atoms with Gasteiger partial charge in [0.2, 0.25) is 0 Å². The molecule has 0 N–H and O–H groups in total. The standard InChI is InChI=1S/C14H28N/c1-13-9-5-6-10-14(2)15(13)11-7-3-4-8-12-15/h13-14H,3-12H2,1-2H3/q+1. The Bertz CT molecular complexity index is 178. The van der Waals surface area contributed by atoms with Gasteiger partial charge >= 0.3 is 0 Å². The van der Waals surface area contributed by atoms with Gasteiger partial charge in [0.15, 0.2) is 0 Å². The van der Waals surface area contributed by atoms with Crippen molar-refractivity contribution < 1.29 is 4.48 Å². The Kier molecular flexibility index (Phi) is 3.71. The van der Waals surface area contributed by atoms with Crippen LogP contribution in [0, 0.1) is 0 Å². The number of hydrogen-bond donors (Lipinski definition) is 0. The van der Waals surface area contributed by atoms with E-state index in [-0.39, 0.29) is 0 Å². The van der Waals surface area contributed by atoms with Crippen LogP contribution in [0.25, 0.3) is 0 Å². The molecule has 0 aliphatic carbocycles. The number of rotatable bonds is 0. The first-order valence-electron chi connectivity index (χ1n) is 7.12. The minimum absolute atomic E-state index is 0.931. The third-order valence-electron chi connectivity index (χ3n) is 5.15. The SMILES string of the molecule is CC1CCCCC(C)[N+]12CCCCCC2. The smallest absolute Gasteiger partial charge is 0.0863 e. The van der Waals surface area contributed by atoms with Gasteiger partial charge in [-0.25, -0.2) is 0 Å². The molecule has 2 rings (SSSR count). The lowest BCUT2D eigenvalue weighted by atomic mass is 10.1. The van der Waals surface area contributed by atoms with Crippen molar-refractivity contribution in [1.29, 1.82) is 0 Å². The second kappa shape index (κ2) is 4.86. The first-order valence-corrected chi connectivity index (χ1v) is 7.12. The van der Waals surface area contributed by atoms with Crippen LogP contribution >= 0.6 is 0 Å². The summed E-state index contributed by atoms with van der Waals surface area (Å²) in [5, 5.41) is 0. The van der Waals surface area contributed by atoms with E-state index in [1.807, 2.05) is 0 Å². The lowest BCUT2D eigenvalue weighted by Crippen LogP contribution is -2.59. The zero-order valence-electron chi connectivity index (χ0n) is 10.7. The molecule has 15 heavy (non-hydrogen) atoms. The maximum Gasteiger partial charge on any atom is 0.0863 e. The molecule has 0 aromatic rings. The minimum Gasteiger partial charge on any atom is -0.319 e. The fourth-order valence-electron chi connectivity index (χ4n) is 3.99. The lowest BCUT2D eigenvalue weighted by Gasteiger charge is -2.46. The van der Waals surface area contributed by atoms with Gasteiger partial charge in [0.25, 0.3) is 0 Å². The topological polar surface area (TPSA) is 0 Å². The maximum absolute atomic E-state index is 2.52. The lowest BCUT2D eigenvalue weighted by molar-refractivity contribution is -0.968. The van der Waals surface area contributed by atoms with Crippen molar-refractivity contribution in [3.8, 4) is 0 Å². The number of hydrogen-bond acceptors (Lipinski definition) is 0. The van der Waals surface area contributed by atoms with Crippen molar-refractivity contribution in [2.45, 2.75) is 77.3 Å². The summed E-state index contributed by atoms with van der Waals surface area (Å²) in [4.78, 5) is 0. The van der Waals surface area contributed by atoms with Gasteiger partial charge in [0, 0.05) is 0 Å². The molecule has 0 aromatic carbocycles. The van der Waals surface area contributed by atoms with Crippen LogP contribution in [0.1, 0.15) is 65.2 Å². The highest BCUT2D eigenvalue weighted by Crippen LogP contribution is 2.33.